The van der Waals surface area contributed by atoms with Gasteiger partial charge in [-0.25, -0.2) is 9.97 Å². The molecular weight excluding hydrogens is 745 g/mol. The van der Waals surface area contributed by atoms with Gasteiger partial charge in [0.05, 0.1) is 22.1 Å². The van der Waals surface area contributed by atoms with Crippen molar-refractivity contribution in [2.45, 2.75) is 0 Å². The zero-order chi connectivity index (χ0) is 40.0. The maximum absolute atomic E-state index is 6.68. The number of para-hydroxylation sites is 3. The fourth-order valence-corrected chi connectivity index (χ4v) is 9.45. The van der Waals surface area contributed by atoms with Gasteiger partial charge in [0.2, 0.25) is 5.95 Å². The molecule has 0 saturated carbocycles. The minimum Gasteiger partial charge on any atom is -0.452 e. The third kappa shape index (κ3) is 5.21. The summed E-state index contributed by atoms with van der Waals surface area (Å²) in [5.74, 6) is 0.592. The summed E-state index contributed by atoms with van der Waals surface area (Å²) >= 11 is 0. The van der Waals surface area contributed by atoms with E-state index >= 15 is 0 Å². The maximum atomic E-state index is 6.68. The van der Waals surface area contributed by atoms with Crippen molar-refractivity contribution in [3.63, 3.8) is 0 Å². The molecule has 5 nitrogen and oxygen atoms in total. The summed E-state index contributed by atoms with van der Waals surface area (Å²) < 4.78 is 11.3. The van der Waals surface area contributed by atoms with E-state index in [-0.39, 0.29) is 0 Å². The van der Waals surface area contributed by atoms with Gasteiger partial charge in [0, 0.05) is 38.2 Å². The van der Waals surface area contributed by atoms with Crippen molar-refractivity contribution in [3.8, 4) is 45.1 Å². The molecule has 0 fully saturated rings. The van der Waals surface area contributed by atoms with Gasteiger partial charge < -0.3 is 8.98 Å². The lowest BCUT2D eigenvalue weighted by Crippen LogP contribution is -2.03. The zero-order valence-corrected chi connectivity index (χ0v) is 32.8. The highest BCUT2D eigenvalue weighted by molar-refractivity contribution is 6.13. The van der Waals surface area contributed by atoms with Crippen molar-refractivity contribution >= 4 is 76.5 Å². The van der Waals surface area contributed by atoms with E-state index in [2.05, 4.69) is 197 Å². The Morgan fingerprint density at radius 3 is 1.74 bits per heavy atom. The third-order valence-corrected chi connectivity index (χ3v) is 12.3. The van der Waals surface area contributed by atoms with Crippen LogP contribution >= 0.6 is 0 Å². The standard InChI is InChI=1S/C56H34N4O/c1-3-14-36(15-4-1)53-55-54(47-33-40(27-30-52(47)61-55)38-24-23-35-13-7-8-16-37(35)31-38)58-56(57-53)60-49-22-12-9-19-43(49)45-28-25-41(34-51(45)60)39-26-29-50-46(32-39)44-20-10-11-21-48(44)59(50)42-17-5-2-6-18-42/h1-34H. The van der Waals surface area contributed by atoms with Crippen molar-refractivity contribution < 1.29 is 4.42 Å². The first kappa shape index (κ1) is 33.7. The van der Waals surface area contributed by atoms with Crippen LogP contribution in [0, 0.1) is 0 Å². The van der Waals surface area contributed by atoms with Gasteiger partial charge >= 0.3 is 0 Å². The van der Waals surface area contributed by atoms with Gasteiger partial charge in [-0.1, -0.05) is 146 Å². The van der Waals surface area contributed by atoms with Crippen molar-refractivity contribution in [2.24, 2.45) is 0 Å². The monoisotopic (exact) mass is 778 g/mol. The van der Waals surface area contributed by atoms with E-state index in [1.807, 2.05) is 18.2 Å². The van der Waals surface area contributed by atoms with E-state index in [1.54, 1.807) is 0 Å². The lowest BCUT2D eigenvalue weighted by atomic mass is 10.00. The maximum Gasteiger partial charge on any atom is 0.236 e. The van der Waals surface area contributed by atoms with Crippen LogP contribution in [0.1, 0.15) is 0 Å². The van der Waals surface area contributed by atoms with Gasteiger partial charge in [-0.15, -0.1) is 0 Å². The Kier molecular flexibility index (Phi) is 7.24. The lowest BCUT2D eigenvalue weighted by Gasteiger charge is -2.11. The van der Waals surface area contributed by atoms with Gasteiger partial charge in [0.25, 0.3) is 0 Å². The Labute approximate surface area is 350 Å². The number of aromatic nitrogens is 4. The van der Waals surface area contributed by atoms with E-state index in [0.717, 1.165) is 77.5 Å². The summed E-state index contributed by atoms with van der Waals surface area (Å²) in [5.41, 5.74) is 14.1. The molecule has 0 bridgehead atoms. The van der Waals surface area contributed by atoms with Crippen LogP contribution in [0.3, 0.4) is 0 Å². The number of hydrogen-bond donors (Lipinski definition) is 0. The van der Waals surface area contributed by atoms with Crippen LogP contribution in [-0.2, 0) is 0 Å². The number of benzene rings is 9. The molecule has 13 rings (SSSR count). The molecule has 0 aliphatic rings. The second-order valence-corrected chi connectivity index (χ2v) is 15.8. The molecule has 9 aromatic carbocycles. The molecule has 0 radical (unpaired) electrons. The number of rotatable bonds is 5. The average Bonchev–Trinajstić information content (AvgIpc) is 3.98. The molecule has 5 heteroatoms. The van der Waals surface area contributed by atoms with Gasteiger partial charge in [0.1, 0.15) is 16.8 Å². The van der Waals surface area contributed by atoms with Crippen LogP contribution in [0.5, 0.6) is 0 Å². The van der Waals surface area contributed by atoms with Gasteiger partial charge in [-0.05, 0) is 93.7 Å². The third-order valence-electron chi connectivity index (χ3n) is 12.3. The smallest absolute Gasteiger partial charge is 0.236 e. The van der Waals surface area contributed by atoms with Crippen molar-refractivity contribution in [1.29, 1.82) is 0 Å². The first-order valence-corrected chi connectivity index (χ1v) is 20.6. The average molecular weight is 779 g/mol. The van der Waals surface area contributed by atoms with Crippen LogP contribution in [0.4, 0.5) is 0 Å². The summed E-state index contributed by atoms with van der Waals surface area (Å²) in [6.45, 7) is 0. The number of fused-ring (bicyclic) bond motifs is 10. The van der Waals surface area contributed by atoms with Crippen LogP contribution in [-0.4, -0.2) is 19.1 Å². The first-order valence-electron chi connectivity index (χ1n) is 20.6. The second kappa shape index (κ2) is 13.1. The van der Waals surface area contributed by atoms with Crippen LogP contribution in [0.25, 0.3) is 122 Å². The molecule has 0 spiro atoms. The Morgan fingerprint density at radius 2 is 0.918 bits per heavy atom. The summed E-state index contributed by atoms with van der Waals surface area (Å²) in [4.78, 5) is 10.8. The van der Waals surface area contributed by atoms with E-state index in [9.17, 15) is 0 Å². The largest absolute Gasteiger partial charge is 0.452 e. The highest BCUT2D eigenvalue weighted by atomic mass is 16.3. The van der Waals surface area contributed by atoms with E-state index in [1.165, 1.54) is 32.6 Å². The molecule has 0 aliphatic carbocycles. The number of furan rings is 1. The van der Waals surface area contributed by atoms with Crippen LogP contribution in [0.15, 0.2) is 211 Å². The molecule has 0 amide bonds. The molecule has 4 heterocycles. The SMILES string of the molecule is c1ccc(-c2nc(-n3c4ccccc4c4ccc(-c5ccc6c(c5)c5ccccc5n6-c5ccccc5)cc43)nc3c2oc2ccc(-c4ccc5ccccc5c4)cc23)cc1. The topological polar surface area (TPSA) is 48.8 Å². The summed E-state index contributed by atoms with van der Waals surface area (Å²) in [6.07, 6.45) is 0. The molecule has 0 aliphatic heterocycles. The normalized spacial score (nSPS) is 11.9. The molecule has 0 atom stereocenters. The molecular formula is C56H34N4O. The highest BCUT2D eigenvalue weighted by Crippen LogP contribution is 2.41. The van der Waals surface area contributed by atoms with Gasteiger partial charge in [-0.3, -0.25) is 4.57 Å². The molecule has 61 heavy (non-hydrogen) atoms. The van der Waals surface area contributed by atoms with Gasteiger partial charge in [-0.2, -0.15) is 0 Å². The van der Waals surface area contributed by atoms with E-state index < -0.39 is 0 Å². The quantitative estimate of drug-likeness (QED) is 0.175. The zero-order valence-electron chi connectivity index (χ0n) is 32.8. The Hall–Kier alpha value is -8.28. The molecule has 0 unspecified atom stereocenters. The molecule has 0 saturated heterocycles. The minimum atomic E-state index is 0.592. The predicted octanol–water partition coefficient (Wildman–Crippen LogP) is 14.7. The fourth-order valence-electron chi connectivity index (χ4n) is 9.45. The predicted molar refractivity (Wildman–Crippen MR) is 252 cm³/mol. The van der Waals surface area contributed by atoms with E-state index in [0.29, 0.717) is 11.5 Å². The number of hydrogen-bond acceptors (Lipinski definition) is 3. The van der Waals surface area contributed by atoms with Gasteiger partial charge in [0.15, 0.2) is 5.58 Å². The molecule has 4 aromatic heterocycles. The summed E-state index contributed by atoms with van der Waals surface area (Å²) in [5, 5.41) is 8.10. The molecule has 13 aromatic rings. The molecule has 0 N–H and O–H groups in total. The number of nitrogens with zero attached hydrogens (tertiary/aromatic N) is 4. The Bertz CT molecular complexity index is 3880. The van der Waals surface area contributed by atoms with E-state index in [4.69, 9.17) is 14.4 Å². The summed E-state index contributed by atoms with van der Waals surface area (Å²) in [6, 6.07) is 73.3. The Morgan fingerprint density at radius 1 is 0.344 bits per heavy atom. The minimum absolute atomic E-state index is 0.592. The Balaban J connectivity index is 1.04. The summed E-state index contributed by atoms with van der Waals surface area (Å²) in [7, 11) is 0. The second-order valence-electron chi connectivity index (χ2n) is 15.8. The lowest BCUT2D eigenvalue weighted by molar-refractivity contribution is 0.666. The molecule has 284 valence electrons. The van der Waals surface area contributed by atoms with Crippen LogP contribution in [0.2, 0.25) is 0 Å². The van der Waals surface area contributed by atoms with Crippen molar-refractivity contribution in [3.05, 3.63) is 206 Å². The first-order chi connectivity index (χ1) is 30.2. The van der Waals surface area contributed by atoms with Crippen molar-refractivity contribution in [1.82, 2.24) is 19.1 Å². The van der Waals surface area contributed by atoms with Crippen LogP contribution < -0.4 is 0 Å². The fraction of sp³-hybridized carbons (Fsp3) is 0. The van der Waals surface area contributed by atoms with Crippen molar-refractivity contribution in [2.75, 3.05) is 0 Å². The highest BCUT2D eigenvalue weighted by Gasteiger charge is 2.22.